The Morgan fingerprint density at radius 2 is 2.00 bits per heavy atom. The van der Waals surface area contributed by atoms with Crippen molar-refractivity contribution in [3.8, 4) is 11.8 Å². The van der Waals surface area contributed by atoms with Crippen LogP contribution in [0.4, 0.5) is 0 Å². The molecule has 0 N–H and O–H groups in total. The normalized spacial score (nSPS) is 10.2. The van der Waals surface area contributed by atoms with E-state index in [0.717, 1.165) is 5.56 Å². The molecule has 0 aliphatic carbocycles. The van der Waals surface area contributed by atoms with E-state index in [1.807, 2.05) is 12.1 Å². The maximum atomic E-state index is 10.9. The lowest BCUT2D eigenvalue weighted by Gasteiger charge is -2.16. The van der Waals surface area contributed by atoms with E-state index < -0.39 is 14.0 Å². The Balaban J connectivity index is 2.99. The van der Waals surface area contributed by atoms with Crippen LogP contribution in [0.25, 0.3) is 0 Å². The van der Waals surface area contributed by atoms with E-state index in [2.05, 4.69) is 48.4 Å². The van der Waals surface area contributed by atoms with E-state index in [0.29, 0.717) is 0 Å². The summed E-state index contributed by atoms with van der Waals surface area (Å²) in [4.78, 5) is 10.9. The molecule has 1 aromatic carbocycles. The Morgan fingerprint density at radius 1 is 1.31 bits per heavy atom. The van der Waals surface area contributed by atoms with Gasteiger partial charge < -0.3 is 4.74 Å². The van der Waals surface area contributed by atoms with Crippen molar-refractivity contribution in [2.45, 2.75) is 19.6 Å². The monoisotopic (exact) mass is 232 g/mol. The van der Waals surface area contributed by atoms with Gasteiger partial charge in [0.25, 0.3) is 0 Å². The first-order chi connectivity index (χ1) is 7.43. The molecule has 16 heavy (non-hydrogen) atoms. The molecular weight excluding hydrogens is 216 g/mol. The van der Waals surface area contributed by atoms with Gasteiger partial charge in [0.2, 0.25) is 0 Å². The fourth-order valence-corrected chi connectivity index (χ4v) is 2.42. The molecule has 2 nitrogen and oxygen atoms in total. The SMILES string of the molecule is COC(=O)C#Cc1cccc([Si](C)(C)C)c1. The van der Waals surface area contributed by atoms with Gasteiger partial charge in [-0.1, -0.05) is 42.9 Å². The first kappa shape index (κ1) is 12.5. The highest BCUT2D eigenvalue weighted by Gasteiger charge is 2.15. The van der Waals surface area contributed by atoms with Crippen LogP contribution in [0.5, 0.6) is 0 Å². The summed E-state index contributed by atoms with van der Waals surface area (Å²) in [5.41, 5.74) is 0.866. The van der Waals surface area contributed by atoms with Gasteiger partial charge in [-0.25, -0.2) is 4.79 Å². The molecule has 0 saturated heterocycles. The van der Waals surface area contributed by atoms with Crippen LogP contribution in [0.1, 0.15) is 5.56 Å². The third kappa shape index (κ3) is 3.56. The maximum Gasteiger partial charge on any atom is 0.384 e. The fraction of sp³-hybridized carbons (Fsp3) is 0.308. The van der Waals surface area contributed by atoms with Crippen LogP contribution < -0.4 is 5.19 Å². The minimum Gasteiger partial charge on any atom is -0.459 e. The minimum absolute atomic E-state index is 0.501. The van der Waals surface area contributed by atoms with Gasteiger partial charge in [0, 0.05) is 11.5 Å². The molecule has 1 rings (SSSR count). The number of methoxy groups -OCH3 is 1. The Labute approximate surface area is 97.6 Å². The molecule has 84 valence electrons. The molecule has 0 aromatic heterocycles. The molecule has 0 spiro atoms. The number of rotatable bonds is 1. The summed E-state index contributed by atoms with van der Waals surface area (Å²) in [5.74, 6) is 4.74. The first-order valence-electron chi connectivity index (χ1n) is 5.14. The molecule has 0 aliphatic heterocycles. The summed E-state index contributed by atoms with van der Waals surface area (Å²) < 4.78 is 4.47. The molecule has 1 aromatic rings. The van der Waals surface area contributed by atoms with Gasteiger partial charge in [-0.2, -0.15) is 0 Å². The van der Waals surface area contributed by atoms with Crippen molar-refractivity contribution in [3.05, 3.63) is 29.8 Å². The molecule has 0 bridgehead atoms. The predicted octanol–water partition coefficient (Wildman–Crippen LogP) is 1.76. The van der Waals surface area contributed by atoms with Crippen molar-refractivity contribution in [1.82, 2.24) is 0 Å². The van der Waals surface area contributed by atoms with Crippen LogP contribution in [0.2, 0.25) is 19.6 Å². The number of ether oxygens (including phenoxy) is 1. The average molecular weight is 232 g/mol. The van der Waals surface area contributed by atoms with E-state index in [9.17, 15) is 4.79 Å². The van der Waals surface area contributed by atoms with Gasteiger partial charge in [0.1, 0.15) is 0 Å². The van der Waals surface area contributed by atoms with E-state index in [-0.39, 0.29) is 0 Å². The first-order valence-corrected chi connectivity index (χ1v) is 8.64. The van der Waals surface area contributed by atoms with Crippen LogP contribution in [0, 0.1) is 11.8 Å². The number of benzene rings is 1. The highest BCUT2D eigenvalue weighted by molar-refractivity contribution is 6.88. The van der Waals surface area contributed by atoms with E-state index in [1.54, 1.807) is 0 Å². The van der Waals surface area contributed by atoms with Gasteiger partial charge in [-0.05, 0) is 12.1 Å². The molecule has 0 fully saturated rings. The Hall–Kier alpha value is -1.53. The molecule has 0 saturated carbocycles. The quantitative estimate of drug-likeness (QED) is 0.419. The Morgan fingerprint density at radius 3 is 2.56 bits per heavy atom. The van der Waals surface area contributed by atoms with Gasteiger partial charge in [-0.15, -0.1) is 0 Å². The average Bonchev–Trinajstić information content (AvgIpc) is 2.25. The molecule has 0 heterocycles. The predicted molar refractivity (Wildman–Crippen MR) is 68.3 cm³/mol. The Bertz CT molecular complexity index is 447. The lowest BCUT2D eigenvalue weighted by atomic mass is 10.2. The van der Waals surface area contributed by atoms with Crippen molar-refractivity contribution >= 4 is 19.2 Å². The summed E-state index contributed by atoms with van der Waals surface area (Å²) >= 11 is 0. The van der Waals surface area contributed by atoms with Crippen LogP contribution >= 0.6 is 0 Å². The molecule has 3 heteroatoms. The number of carbonyl (C=O) groups is 1. The third-order valence-corrected chi connectivity index (χ3v) is 4.27. The van der Waals surface area contributed by atoms with Crippen LogP contribution in [0.3, 0.4) is 0 Å². The van der Waals surface area contributed by atoms with Crippen molar-refractivity contribution < 1.29 is 9.53 Å². The van der Waals surface area contributed by atoms with Crippen LogP contribution in [-0.4, -0.2) is 21.2 Å². The number of esters is 1. The van der Waals surface area contributed by atoms with Crippen molar-refractivity contribution in [2.24, 2.45) is 0 Å². The minimum atomic E-state index is -1.31. The molecule has 0 radical (unpaired) electrons. The van der Waals surface area contributed by atoms with E-state index >= 15 is 0 Å². The summed E-state index contributed by atoms with van der Waals surface area (Å²) in [7, 11) is 0.0157. The number of hydrogen-bond donors (Lipinski definition) is 0. The third-order valence-electron chi connectivity index (χ3n) is 2.22. The van der Waals surface area contributed by atoms with E-state index in [4.69, 9.17) is 0 Å². The fourth-order valence-electron chi connectivity index (χ4n) is 1.24. The number of hydrogen-bond acceptors (Lipinski definition) is 2. The van der Waals surface area contributed by atoms with Crippen LogP contribution in [-0.2, 0) is 9.53 Å². The molecule has 0 atom stereocenters. The highest BCUT2D eigenvalue weighted by Crippen LogP contribution is 2.04. The Kier molecular flexibility index (Phi) is 3.91. The van der Waals surface area contributed by atoms with E-state index in [1.165, 1.54) is 12.3 Å². The van der Waals surface area contributed by atoms with Gasteiger partial charge in [0.05, 0.1) is 15.2 Å². The molecular formula is C13H16O2Si. The van der Waals surface area contributed by atoms with Crippen molar-refractivity contribution in [1.29, 1.82) is 0 Å². The van der Waals surface area contributed by atoms with Crippen LogP contribution in [0.15, 0.2) is 24.3 Å². The summed E-state index contributed by atoms with van der Waals surface area (Å²) in [6.45, 7) is 6.83. The smallest absolute Gasteiger partial charge is 0.384 e. The largest absolute Gasteiger partial charge is 0.459 e. The second-order valence-electron chi connectivity index (χ2n) is 4.57. The van der Waals surface area contributed by atoms with Gasteiger partial charge in [0.15, 0.2) is 0 Å². The van der Waals surface area contributed by atoms with Gasteiger partial charge >= 0.3 is 5.97 Å². The summed E-state index contributed by atoms with van der Waals surface area (Å²) in [6, 6.07) is 8.06. The van der Waals surface area contributed by atoms with Gasteiger partial charge in [-0.3, -0.25) is 0 Å². The molecule has 0 unspecified atom stereocenters. The standard InChI is InChI=1S/C13H16O2Si/c1-15-13(14)9-8-11-6-5-7-12(10-11)16(2,3)4/h5-7,10H,1-4H3. The molecule has 0 aliphatic rings. The topological polar surface area (TPSA) is 26.3 Å². The van der Waals surface area contributed by atoms with Crippen molar-refractivity contribution in [2.75, 3.05) is 7.11 Å². The summed E-state index contributed by atoms with van der Waals surface area (Å²) in [6.07, 6.45) is 0. The summed E-state index contributed by atoms with van der Waals surface area (Å²) in [5, 5.41) is 1.34. The highest BCUT2D eigenvalue weighted by atomic mass is 28.3. The zero-order chi connectivity index (χ0) is 12.2. The lowest BCUT2D eigenvalue weighted by molar-refractivity contribution is -0.133. The zero-order valence-electron chi connectivity index (χ0n) is 10.1. The zero-order valence-corrected chi connectivity index (χ0v) is 11.1. The maximum absolute atomic E-state index is 10.9. The second kappa shape index (κ2) is 5.00. The molecule has 0 amide bonds. The lowest BCUT2D eigenvalue weighted by Crippen LogP contribution is -2.37. The number of carbonyl (C=O) groups excluding carboxylic acids is 1. The van der Waals surface area contributed by atoms with Crippen molar-refractivity contribution in [3.63, 3.8) is 0 Å². The second-order valence-corrected chi connectivity index (χ2v) is 9.65.